The standard InChI is InChI=1S/C11H20N2O5/c1-7(2)4-12-11(18)8(3)13(5-9(14)15)6-10(16)17/h7-8H,4-6H2,1-3H3,(H,12,18)(H,14,15)(H,16,17). The van der Waals surface area contributed by atoms with Crippen LogP contribution in [-0.4, -0.2) is 58.6 Å². The zero-order valence-electron chi connectivity index (χ0n) is 10.8. The molecule has 0 bridgehead atoms. The maximum atomic E-state index is 11.7. The largest absolute Gasteiger partial charge is 0.480 e. The maximum Gasteiger partial charge on any atom is 0.317 e. The van der Waals surface area contributed by atoms with Gasteiger partial charge < -0.3 is 15.5 Å². The number of nitrogens with one attached hydrogen (secondary N) is 1. The Hall–Kier alpha value is -1.63. The summed E-state index contributed by atoms with van der Waals surface area (Å²) in [7, 11) is 0. The number of carboxylic acid groups (broad SMARTS) is 2. The van der Waals surface area contributed by atoms with Crippen LogP contribution in [0.3, 0.4) is 0 Å². The summed E-state index contributed by atoms with van der Waals surface area (Å²) in [6.07, 6.45) is 0. The van der Waals surface area contributed by atoms with Crippen LogP contribution in [0, 0.1) is 5.92 Å². The monoisotopic (exact) mass is 260 g/mol. The molecule has 0 saturated heterocycles. The summed E-state index contributed by atoms with van der Waals surface area (Å²) in [4.78, 5) is 34.0. The highest BCUT2D eigenvalue weighted by atomic mass is 16.4. The van der Waals surface area contributed by atoms with E-state index in [1.165, 1.54) is 6.92 Å². The molecule has 1 unspecified atom stereocenters. The lowest BCUT2D eigenvalue weighted by Gasteiger charge is -2.25. The minimum Gasteiger partial charge on any atom is -0.480 e. The highest BCUT2D eigenvalue weighted by Crippen LogP contribution is 2.00. The van der Waals surface area contributed by atoms with Gasteiger partial charge in [-0.2, -0.15) is 0 Å². The summed E-state index contributed by atoms with van der Waals surface area (Å²) in [5, 5.41) is 20.0. The lowest BCUT2D eigenvalue weighted by molar-refractivity contribution is -0.143. The molecule has 0 rings (SSSR count). The smallest absolute Gasteiger partial charge is 0.317 e. The first-order chi connectivity index (χ1) is 8.23. The second-order valence-corrected chi connectivity index (χ2v) is 4.51. The number of hydrogen-bond donors (Lipinski definition) is 3. The van der Waals surface area contributed by atoms with Gasteiger partial charge in [-0.1, -0.05) is 13.8 Å². The van der Waals surface area contributed by atoms with Crippen molar-refractivity contribution in [1.82, 2.24) is 10.2 Å². The van der Waals surface area contributed by atoms with Gasteiger partial charge in [-0.05, 0) is 12.8 Å². The molecule has 1 atom stereocenters. The Morgan fingerprint density at radius 2 is 1.50 bits per heavy atom. The number of rotatable bonds is 8. The van der Waals surface area contributed by atoms with Gasteiger partial charge in [0.25, 0.3) is 0 Å². The zero-order chi connectivity index (χ0) is 14.3. The van der Waals surface area contributed by atoms with Gasteiger partial charge in [-0.15, -0.1) is 0 Å². The summed E-state index contributed by atoms with van der Waals surface area (Å²) in [6.45, 7) is 4.85. The molecule has 0 aromatic heterocycles. The third-order valence-corrected chi connectivity index (χ3v) is 2.29. The van der Waals surface area contributed by atoms with Crippen molar-refractivity contribution in [1.29, 1.82) is 0 Å². The van der Waals surface area contributed by atoms with Crippen LogP contribution >= 0.6 is 0 Å². The molecule has 0 heterocycles. The van der Waals surface area contributed by atoms with Crippen molar-refractivity contribution in [2.75, 3.05) is 19.6 Å². The average Bonchev–Trinajstić information content (AvgIpc) is 2.22. The molecule has 0 aliphatic rings. The summed E-state index contributed by atoms with van der Waals surface area (Å²) in [5.74, 6) is -2.43. The third-order valence-electron chi connectivity index (χ3n) is 2.29. The van der Waals surface area contributed by atoms with E-state index in [0.717, 1.165) is 4.90 Å². The van der Waals surface area contributed by atoms with Crippen molar-refractivity contribution >= 4 is 17.8 Å². The molecule has 1 amide bonds. The van der Waals surface area contributed by atoms with Gasteiger partial charge in [0, 0.05) is 6.54 Å². The fourth-order valence-corrected chi connectivity index (χ4v) is 1.30. The van der Waals surface area contributed by atoms with Crippen LogP contribution in [-0.2, 0) is 14.4 Å². The average molecular weight is 260 g/mol. The molecule has 7 nitrogen and oxygen atoms in total. The van der Waals surface area contributed by atoms with E-state index in [9.17, 15) is 14.4 Å². The van der Waals surface area contributed by atoms with Gasteiger partial charge in [0.1, 0.15) is 0 Å². The van der Waals surface area contributed by atoms with E-state index in [4.69, 9.17) is 10.2 Å². The van der Waals surface area contributed by atoms with Crippen molar-refractivity contribution in [2.45, 2.75) is 26.8 Å². The van der Waals surface area contributed by atoms with Crippen molar-refractivity contribution in [3.8, 4) is 0 Å². The number of hydrogen-bond acceptors (Lipinski definition) is 4. The number of amides is 1. The Bertz CT molecular complexity index is 301. The fraction of sp³-hybridized carbons (Fsp3) is 0.727. The molecule has 0 aromatic rings. The van der Waals surface area contributed by atoms with Gasteiger partial charge in [-0.3, -0.25) is 19.3 Å². The molecule has 0 radical (unpaired) electrons. The van der Waals surface area contributed by atoms with Crippen LogP contribution in [0.25, 0.3) is 0 Å². The molecule has 7 heteroatoms. The highest BCUT2D eigenvalue weighted by molar-refractivity contribution is 5.83. The van der Waals surface area contributed by atoms with Gasteiger partial charge >= 0.3 is 11.9 Å². The van der Waals surface area contributed by atoms with E-state index in [0.29, 0.717) is 6.54 Å². The van der Waals surface area contributed by atoms with Crippen LogP contribution in [0.2, 0.25) is 0 Å². The Kier molecular flexibility index (Phi) is 6.96. The minimum atomic E-state index is -1.17. The topological polar surface area (TPSA) is 107 Å². The molecular weight excluding hydrogens is 240 g/mol. The van der Waals surface area contributed by atoms with Crippen molar-refractivity contribution in [2.24, 2.45) is 5.92 Å². The Morgan fingerprint density at radius 1 is 1.06 bits per heavy atom. The summed E-state index contributed by atoms with van der Waals surface area (Å²) < 4.78 is 0. The third kappa shape index (κ3) is 6.85. The molecule has 0 aromatic carbocycles. The van der Waals surface area contributed by atoms with Gasteiger partial charge in [0.2, 0.25) is 5.91 Å². The number of carboxylic acids is 2. The summed E-state index contributed by atoms with van der Waals surface area (Å²) in [6, 6.07) is -0.795. The Labute approximate surface area is 106 Å². The summed E-state index contributed by atoms with van der Waals surface area (Å²) in [5.41, 5.74) is 0. The Balaban J connectivity index is 4.52. The zero-order valence-corrected chi connectivity index (χ0v) is 10.8. The lowest BCUT2D eigenvalue weighted by Crippen LogP contribution is -2.49. The van der Waals surface area contributed by atoms with Crippen LogP contribution in [0.15, 0.2) is 0 Å². The SMILES string of the molecule is CC(C)CNC(=O)C(C)N(CC(=O)O)CC(=O)O. The molecule has 0 saturated carbocycles. The number of nitrogens with zero attached hydrogens (tertiary/aromatic N) is 1. The van der Waals surface area contributed by atoms with Gasteiger partial charge in [0.15, 0.2) is 0 Å². The van der Waals surface area contributed by atoms with E-state index in [1.54, 1.807) is 0 Å². The molecule has 0 fully saturated rings. The van der Waals surface area contributed by atoms with Crippen molar-refractivity contribution in [3.05, 3.63) is 0 Å². The molecular formula is C11H20N2O5. The first kappa shape index (κ1) is 16.4. The number of aliphatic carboxylic acids is 2. The van der Waals surface area contributed by atoms with E-state index in [1.807, 2.05) is 13.8 Å². The quantitative estimate of drug-likeness (QED) is 0.549. The minimum absolute atomic E-state index is 0.272. The van der Waals surface area contributed by atoms with Gasteiger partial charge in [0.05, 0.1) is 19.1 Å². The first-order valence-electron chi connectivity index (χ1n) is 5.69. The normalized spacial score (nSPS) is 12.5. The first-order valence-corrected chi connectivity index (χ1v) is 5.69. The second kappa shape index (κ2) is 7.65. The van der Waals surface area contributed by atoms with Crippen LogP contribution in [0.4, 0.5) is 0 Å². The molecule has 18 heavy (non-hydrogen) atoms. The molecule has 104 valence electrons. The van der Waals surface area contributed by atoms with Crippen LogP contribution < -0.4 is 5.32 Å². The predicted molar refractivity (Wildman–Crippen MR) is 64.2 cm³/mol. The van der Waals surface area contributed by atoms with E-state index >= 15 is 0 Å². The molecule has 0 spiro atoms. The molecule has 0 aliphatic heterocycles. The van der Waals surface area contributed by atoms with Crippen LogP contribution in [0.5, 0.6) is 0 Å². The number of carbonyl (C=O) groups is 3. The van der Waals surface area contributed by atoms with E-state index in [-0.39, 0.29) is 11.8 Å². The fourth-order valence-electron chi connectivity index (χ4n) is 1.30. The van der Waals surface area contributed by atoms with E-state index < -0.39 is 31.1 Å². The molecule has 0 aliphatic carbocycles. The number of carbonyl (C=O) groups excluding carboxylic acids is 1. The van der Waals surface area contributed by atoms with Gasteiger partial charge in [-0.25, -0.2) is 0 Å². The van der Waals surface area contributed by atoms with Crippen molar-refractivity contribution in [3.63, 3.8) is 0 Å². The second-order valence-electron chi connectivity index (χ2n) is 4.51. The lowest BCUT2D eigenvalue weighted by atomic mass is 10.2. The van der Waals surface area contributed by atoms with E-state index in [2.05, 4.69) is 5.32 Å². The van der Waals surface area contributed by atoms with Crippen molar-refractivity contribution < 1.29 is 24.6 Å². The maximum absolute atomic E-state index is 11.7. The predicted octanol–water partition coefficient (Wildman–Crippen LogP) is -0.382. The highest BCUT2D eigenvalue weighted by Gasteiger charge is 2.25. The Morgan fingerprint density at radius 3 is 1.83 bits per heavy atom. The molecule has 3 N–H and O–H groups in total. The van der Waals surface area contributed by atoms with Crippen LogP contribution in [0.1, 0.15) is 20.8 Å². The summed E-state index contributed by atoms with van der Waals surface area (Å²) >= 11 is 0.